The number of amides is 1. The number of carbonyl (C=O) groups is 2. The van der Waals surface area contributed by atoms with Gasteiger partial charge in [0.25, 0.3) is 0 Å². The van der Waals surface area contributed by atoms with Crippen molar-refractivity contribution in [1.82, 2.24) is 0 Å². The lowest BCUT2D eigenvalue weighted by atomic mass is 10.1. The van der Waals surface area contributed by atoms with Gasteiger partial charge in [0.1, 0.15) is 0 Å². The molecule has 2 N–H and O–H groups in total. The van der Waals surface area contributed by atoms with E-state index in [9.17, 15) is 9.59 Å². The summed E-state index contributed by atoms with van der Waals surface area (Å²) in [6.07, 6.45) is 1.99. The van der Waals surface area contributed by atoms with Crippen LogP contribution in [0.2, 0.25) is 5.02 Å². The highest BCUT2D eigenvalue weighted by atomic mass is 35.5. The summed E-state index contributed by atoms with van der Waals surface area (Å²) in [5.74, 6) is -0.605. The molecule has 0 atom stereocenters. The predicted molar refractivity (Wildman–Crippen MR) is 107 cm³/mol. The molecule has 1 amide bonds. The SMILES string of the molecule is CCOC(=O)c1ccc(NC(C)=O)c(NCc2ccc(SC)cc2Cl)c1. The van der Waals surface area contributed by atoms with E-state index in [1.165, 1.54) is 6.92 Å². The van der Waals surface area contributed by atoms with Gasteiger partial charge < -0.3 is 15.4 Å². The molecule has 5 nitrogen and oxygen atoms in total. The number of anilines is 2. The summed E-state index contributed by atoms with van der Waals surface area (Å²) >= 11 is 7.95. The van der Waals surface area contributed by atoms with Gasteiger partial charge in [0.15, 0.2) is 0 Å². The number of benzene rings is 2. The third kappa shape index (κ3) is 5.41. The Kier molecular flexibility index (Phi) is 7.36. The zero-order valence-electron chi connectivity index (χ0n) is 14.9. The Bertz CT molecular complexity index is 811. The number of thioether (sulfide) groups is 1. The fraction of sp³-hybridized carbons (Fsp3) is 0.263. The first kappa shape index (κ1) is 20.1. The van der Waals surface area contributed by atoms with Crippen molar-refractivity contribution in [2.75, 3.05) is 23.5 Å². The minimum Gasteiger partial charge on any atom is -0.462 e. The molecule has 0 bridgehead atoms. The number of carbonyl (C=O) groups excluding carboxylic acids is 2. The summed E-state index contributed by atoms with van der Waals surface area (Å²) in [6, 6.07) is 10.8. The summed E-state index contributed by atoms with van der Waals surface area (Å²) < 4.78 is 5.03. The predicted octanol–water partition coefficient (Wildman–Crippen LogP) is 4.81. The lowest BCUT2D eigenvalue weighted by Crippen LogP contribution is -2.11. The number of halogens is 1. The maximum absolute atomic E-state index is 12.0. The maximum Gasteiger partial charge on any atom is 0.338 e. The van der Waals surface area contributed by atoms with Crippen LogP contribution in [0.4, 0.5) is 11.4 Å². The van der Waals surface area contributed by atoms with Crippen LogP contribution in [0.5, 0.6) is 0 Å². The molecule has 0 spiro atoms. The van der Waals surface area contributed by atoms with Crippen LogP contribution in [0, 0.1) is 0 Å². The van der Waals surface area contributed by atoms with Gasteiger partial charge in [-0.25, -0.2) is 4.79 Å². The van der Waals surface area contributed by atoms with Gasteiger partial charge in [-0.15, -0.1) is 11.8 Å². The molecule has 26 heavy (non-hydrogen) atoms. The van der Waals surface area contributed by atoms with E-state index in [4.69, 9.17) is 16.3 Å². The van der Waals surface area contributed by atoms with E-state index in [1.807, 2.05) is 24.5 Å². The Labute approximate surface area is 162 Å². The van der Waals surface area contributed by atoms with Gasteiger partial charge in [-0.1, -0.05) is 17.7 Å². The van der Waals surface area contributed by atoms with Crippen LogP contribution in [0.3, 0.4) is 0 Å². The summed E-state index contributed by atoms with van der Waals surface area (Å²) in [6.45, 7) is 3.93. The van der Waals surface area contributed by atoms with Gasteiger partial charge in [-0.05, 0) is 49.1 Å². The van der Waals surface area contributed by atoms with Crippen molar-refractivity contribution in [2.24, 2.45) is 0 Å². The Morgan fingerprint density at radius 3 is 2.54 bits per heavy atom. The molecular weight excluding hydrogens is 372 g/mol. The molecule has 0 saturated heterocycles. The highest BCUT2D eigenvalue weighted by Crippen LogP contribution is 2.27. The normalized spacial score (nSPS) is 10.3. The zero-order chi connectivity index (χ0) is 19.1. The number of rotatable bonds is 7. The molecule has 2 aromatic carbocycles. The number of hydrogen-bond donors (Lipinski definition) is 2. The fourth-order valence-corrected chi connectivity index (χ4v) is 3.07. The van der Waals surface area contributed by atoms with Gasteiger partial charge in [-0.2, -0.15) is 0 Å². The Morgan fingerprint density at radius 2 is 1.92 bits per heavy atom. The lowest BCUT2D eigenvalue weighted by molar-refractivity contribution is -0.114. The maximum atomic E-state index is 12.0. The van der Waals surface area contributed by atoms with E-state index < -0.39 is 5.97 Å². The molecule has 0 aliphatic rings. The largest absolute Gasteiger partial charge is 0.462 e. The van der Waals surface area contributed by atoms with Gasteiger partial charge in [0.2, 0.25) is 5.91 Å². The van der Waals surface area contributed by atoms with E-state index in [1.54, 1.807) is 36.9 Å². The molecule has 0 radical (unpaired) electrons. The molecular formula is C19H21ClN2O3S. The molecule has 0 unspecified atom stereocenters. The first-order valence-corrected chi connectivity index (χ1v) is 9.70. The van der Waals surface area contributed by atoms with Crippen molar-refractivity contribution < 1.29 is 14.3 Å². The van der Waals surface area contributed by atoms with Crippen LogP contribution in [0.25, 0.3) is 0 Å². The molecule has 0 fully saturated rings. The highest BCUT2D eigenvalue weighted by molar-refractivity contribution is 7.98. The first-order chi connectivity index (χ1) is 12.4. The molecule has 0 aromatic heterocycles. The summed E-state index contributed by atoms with van der Waals surface area (Å²) in [5.41, 5.74) is 2.53. The highest BCUT2D eigenvalue weighted by Gasteiger charge is 2.12. The number of nitrogens with one attached hydrogen (secondary N) is 2. The second-order valence-electron chi connectivity index (χ2n) is 5.47. The monoisotopic (exact) mass is 392 g/mol. The van der Waals surface area contributed by atoms with Crippen LogP contribution < -0.4 is 10.6 Å². The van der Waals surface area contributed by atoms with Crippen molar-refractivity contribution in [3.8, 4) is 0 Å². The van der Waals surface area contributed by atoms with Crippen LogP contribution in [-0.2, 0) is 16.1 Å². The van der Waals surface area contributed by atoms with Crippen molar-refractivity contribution in [3.05, 3.63) is 52.5 Å². The minimum absolute atomic E-state index is 0.195. The third-order valence-corrected chi connectivity index (χ3v) is 4.65. The zero-order valence-corrected chi connectivity index (χ0v) is 16.5. The van der Waals surface area contributed by atoms with Gasteiger partial charge in [0, 0.05) is 23.4 Å². The average molecular weight is 393 g/mol. The molecule has 0 aliphatic heterocycles. The van der Waals surface area contributed by atoms with Gasteiger partial charge >= 0.3 is 5.97 Å². The van der Waals surface area contributed by atoms with Crippen molar-refractivity contribution >= 4 is 46.6 Å². The molecule has 2 rings (SSSR count). The average Bonchev–Trinajstić information content (AvgIpc) is 2.61. The summed E-state index contributed by atoms with van der Waals surface area (Å²) in [7, 11) is 0. The van der Waals surface area contributed by atoms with Gasteiger partial charge in [0.05, 0.1) is 23.5 Å². The van der Waals surface area contributed by atoms with Crippen molar-refractivity contribution in [1.29, 1.82) is 0 Å². The van der Waals surface area contributed by atoms with E-state index in [0.29, 0.717) is 35.1 Å². The molecule has 7 heteroatoms. The topological polar surface area (TPSA) is 67.4 Å². The van der Waals surface area contributed by atoms with E-state index in [-0.39, 0.29) is 5.91 Å². The van der Waals surface area contributed by atoms with Crippen LogP contribution in [-0.4, -0.2) is 24.7 Å². The second-order valence-corrected chi connectivity index (χ2v) is 6.76. The standard InChI is InChI=1S/C19H21ClN2O3S/c1-4-25-19(24)13-6-8-17(22-12(2)23)18(9-13)21-11-14-5-7-15(26-3)10-16(14)20/h5-10,21H,4,11H2,1-3H3,(H,22,23). The van der Waals surface area contributed by atoms with Crippen LogP contribution >= 0.6 is 23.4 Å². The summed E-state index contributed by atoms with van der Waals surface area (Å²) in [4.78, 5) is 24.5. The quantitative estimate of drug-likeness (QED) is 0.522. The van der Waals surface area contributed by atoms with Crippen LogP contribution in [0.1, 0.15) is 29.8 Å². The fourth-order valence-electron chi connectivity index (χ4n) is 2.32. The Hall–Kier alpha value is -2.18. The molecule has 0 heterocycles. The Morgan fingerprint density at radius 1 is 1.15 bits per heavy atom. The van der Waals surface area contributed by atoms with Crippen LogP contribution in [0.15, 0.2) is 41.3 Å². The molecule has 0 aliphatic carbocycles. The van der Waals surface area contributed by atoms with Crippen molar-refractivity contribution in [3.63, 3.8) is 0 Å². The molecule has 0 saturated carbocycles. The smallest absolute Gasteiger partial charge is 0.338 e. The third-order valence-electron chi connectivity index (χ3n) is 3.57. The Balaban J connectivity index is 2.25. The van der Waals surface area contributed by atoms with E-state index in [0.717, 1.165) is 10.5 Å². The second kappa shape index (κ2) is 9.50. The molecule has 138 valence electrons. The van der Waals surface area contributed by atoms with E-state index in [2.05, 4.69) is 10.6 Å². The number of esters is 1. The minimum atomic E-state index is -0.410. The lowest BCUT2D eigenvalue weighted by Gasteiger charge is -2.15. The molecule has 2 aromatic rings. The number of hydrogen-bond acceptors (Lipinski definition) is 5. The van der Waals surface area contributed by atoms with Crippen molar-refractivity contribution in [2.45, 2.75) is 25.3 Å². The summed E-state index contributed by atoms with van der Waals surface area (Å²) in [5, 5.41) is 6.65. The van der Waals surface area contributed by atoms with E-state index >= 15 is 0 Å². The number of ether oxygens (including phenoxy) is 1. The van der Waals surface area contributed by atoms with Gasteiger partial charge in [-0.3, -0.25) is 4.79 Å². The first-order valence-electron chi connectivity index (χ1n) is 8.09.